The minimum Gasteiger partial charge on any atom is -0.344 e. The van der Waals surface area contributed by atoms with Gasteiger partial charge in [0.05, 0.1) is 10.0 Å². The third-order valence-corrected chi connectivity index (χ3v) is 4.47. The van der Waals surface area contributed by atoms with Crippen molar-refractivity contribution >= 4 is 40.7 Å². The molecule has 0 spiro atoms. The zero-order chi connectivity index (χ0) is 16.4. The fraction of sp³-hybridized carbons (Fsp3) is 0.176. The third kappa shape index (κ3) is 3.49. The summed E-state index contributed by atoms with van der Waals surface area (Å²) in [4.78, 5) is 23.5. The van der Waals surface area contributed by atoms with E-state index in [-0.39, 0.29) is 11.8 Å². The molecule has 2 aromatic rings. The summed E-state index contributed by atoms with van der Waals surface area (Å²) >= 11 is 12.0. The number of hydrogen-bond donors (Lipinski definition) is 2. The predicted molar refractivity (Wildman–Crippen MR) is 91.7 cm³/mol. The van der Waals surface area contributed by atoms with Crippen LogP contribution in [0.1, 0.15) is 12.8 Å². The molecule has 1 aliphatic heterocycles. The predicted octanol–water partition coefficient (Wildman–Crippen LogP) is 3.88. The molecule has 6 heteroatoms. The summed E-state index contributed by atoms with van der Waals surface area (Å²) in [7, 11) is 0. The lowest BCUT2D eigenvalue weighted by Crippen LogP contribution is -2.37. The Kier molecular flexibility index (Phi) is 4.55. The SMILES string of the molecule is O=C1CCC(C(=O)Nc2ccccc2-c2ccc(Cl)c(Cl)c2)N1. The van der Waals surface area contributed by atoms with Gasteiger partial charge in [0.15, 0.2) is 0 Å². The highest BCUT2D eigenvalue weighted by Crippen LogP contribution is 2.32. The molecule has 3 rings (SSSR count). The molecule has 1 heterocycles. The Balaban J connectivity index is 1.87. The Hall–Kier alpha value is -2.04. The zero-order valence-electron chi connectivity index (χ0n) is 12.1. The molecule has 23 heavy (non-hydrogen) atoms. The average Bonchev–Trinajstić information content (AvgIpc) is 2.97. The van der Waals surface area contributed by atoms with E-state index in [1.165, 1.54) is 0 Å². The van der Waals surface area contributed by atoms with Crippen LogP contribution in [0.5, 0.6) is 0 Å². The van der Waals surface area contributed by atoms with Gasteiger partial charge < -0.3 is 10.6 Å². The lowest BCUT2D eigenvalue weighted by Gasteiger charge is -2.15. The van der Waals surface area contributed by atoms with Gasteiger partial charge in [-0.1, -0.05) is 47.5 Å². The number of hydrogen-bond acceptors (Lipinski definition) is 2. The third-order valence-electron chi connectivity index (χ3n) is 3.73. The van der Waals surface area contributed by atoms with Crippen LogP contribution in [0.3, 0.4) is 0 Å². The maximum Gasteiger partial charge on any atom is 0.246 e. The average molecular weight is 349 g/mol. The molecule has 2 N–H and O–H groups in total. The molecule has 2 amide bonds. The summed E-state index contributed by atoms with van der Waals surface area (Å²) in [5.41, 5.74) is 2.35. The Morgan fingerprint density at radius 3 is 2.61 bits per heavy atom. The van der Waals surface area contributed by atoms with Crippen LogP contribution >= 0.6 is 23.2 Å². The first-order chi connectivity index (χ1) is 11.0. The Labute approximate surface area is 143 Å². The Morgan fingerprint density at radius 2 is 1.91 bits per heavy atom. The normalized spacial score (nSPS) is 17.0. The summed E-state index contributed by atoms with van der Waals surface area (Å²) in [5, 5.41) is 6.47. The second kappa shape index (κ2) is 6.60. The summed E-state index contributed by atoms with van der Waals surface area (Å²) in [6.07, 6.45) is 0.895. The number of carbonyl (C=O) groups is 2. The van der Waals surface area contributed by atoms with Gasteiger partial charge in [0.1, 0.15) is 6.04 Å². The number of anilines is 1. The topological polar surface area (TPSA) is 58.2 Å². The van der Waals surface area contributed by atoms with Crippen LogP contribution in [0.25, 0.3) is 11.1 Å². The van der Waals surface area contributed by atoms with Crippen molar-refractivity contribution in [3.05, 3.63) is 52.5 Å². The first kappa shape index (κ1) is 15.8. The minimum atomic E-state index is -0.482. The fourth-order valence-corrected chi connectivity index (χ4v) is 2.84. The van der Waals surface area contributed by atoms with Gasteiger partial charge in [-0.3, -0.25) is 9.59 Å². The van der Waals surface area contributed by atoms with Crippen molar-refractivity contribution in [2.45, 2.75) is 18.9 Å². The Morgan fingerprint density at radius 1 is 1.13 bits per heavy atom. The van der Waals surface area contributed by atoms with E-state index in [2.05, 4.69) is 10.6 Å². The van der Waals surface area contributed by atoms with Crippen LogP contribution in [-0.2, 0) is 9.59 Å². The van der Waals surface area contributed by atoms with Gasteiger partial charge in [0.2, 0.25) is 11.8 Å². The van der Waals surface area contributed by atoms with Crippen molar-refractivity contribution in [1.29, 1.82) is 0 Å². The number of amides is 2. The van der Waals surface area contributed by atoms with Crippen LogP contribution < -0.4 is 10.6 Å². The summed E-state index contributed by atoms with van der Waals surface area (Å²) in [6.45, 7) is 0. The van der Waals surface area contributed by atoms with Crippen LogP contribution in [0.2, 0.25) is 10.0 Å². The van der Waals surface area contributed by atoms with E-state index in [0.29, 0.717) is 28.6 Å². The molecule has 0 radical (unpaired) electrons. The number of halogens is 2. The molecule has 0 saturated carbocycles. The van der Waals surface area contributed by atoms with Crippen LogP contribution in [-0.4, -0.2) is 17.9 Å². The molecule has 1 aliphatic rings. The molecular formula is C17H14Cl2N2O2. The molecule has 1 fully saturated rings. The molecule has 1 saturated heterocycles. The van der Waals surface area contributed by atoms with Crippen molar-refractivity contribution in [2.75, 3.05) is 5.32 Å². The van der Waals surface area contributed by atoms with Crippen molar-refractivity contribution in [3.63, 3.8) is 0 Å². The first-order valence-electron chi connectivity index (χ1n) is 7.19. The smallest absolute Gasteiger partial charge is 0.246 e. The van der Waals surface area contributed by atoms with Crippen molar-refractivity contribution in [2.24, 2.45) is 0 Å². The first-order valence-corrected chi connectivity index (χ1v) is 7.95. The second-order valence-electron chi connectivity index (χ2n) is 5.32. The van der Waals surface area contributed by atoms with Gasteiger partial charge in [-0.25, -0.2) is 0 Å². The molecule has 118 valence electrons. The molecule has 1 unspecified atom stereocenters. The van der Waals surface area contributed by atoms with Crippen molar-refractivity contribution < 1.29 is 9.59 Å². The highest BCUT2D eigenvalue weighted by molar-refractivity contribution is 6.42. The molecule has 1 atom stereocenters. The van der Waals surface area contributed by atoms with Crippen molar-refractivity contribution in [1.82, 2.24) is 5.32 Å². The van der Waals surface area contributed by atoms with Gasteiger partial charge in [0.25, 0.3) is 0 Å². The van der Waals surface area contributed by atoms with E-state index < -0.39 is 6.04 Å². The zero-order valence-corrected chi connectivity index (χ0v) is 13.6. The highest BCUT2D eigenvalue weighted by atomic mass is 35.5. The van der Waals surface area contributed by atoms with Crippen LogP contribution in [0, 0.1) is 0 Å². The quantitative estimate of drug-likeness (QED) is 0.884. The molecular weight excluding hydrogens is 335 g/mol. The maximum atomic E-state index is 12.3. The number of benzene rings is 2. The maximum absolute atomic E-state index is 12.3. The van der Waals surface area contributed by atoms with E-state index in [9.17, 15) is 9.59 Å². The van der Waals surface area contributed by atoms with Gasteiger partial charge >= 0.3 is 0 Å². The number of rotatable bonds is 3. The summed E-state index contributed by atoms with van der Waals surface area (Å²) in [5.74, 6) is -0.314. The molecule has 0 aromatic heterocycles. The van der Waals surface area contributed by atoms with E-state index >= 15 is 0 Å². The van der Waals surface area contributed by atoms with E-state index in [1.54, 1.807) is 12.1 Å². The standard InChI is InChI=1S/C17H14Cl2N2O2/c18-12-6-5-10(9-13(12)19)11-3-1-2-4-14(11)21-17(23)15-7-8-16(22)20-15/h1-6,9,15H,7-8H2,(H,20,22)(H,21,23). The highest BCUT2D eigenvalue weighted by Gasteiger charge is 2.27. The monoisotopic (exact) mass is 348 g/mol. The van der Waals surface area contributed by atoms with Crippen molar-refractivity contribution in [3.8, 4) is 11.1 Å². The molecule has 4 nitrogen and oxygen atoms in total. The minimum absolute atomic E-state index is 0.0945. The largest absolute Gasteiger partial charge is 0.344 e. The number of para-hydroxylation sites is 1. The summed E-state index contributed by atoms with van der Waals surface area (Å²) in [6, 6.07) is 12.3. The van der Waals surface area contributed by atoms with Gasteiger partial charge in [-0.15, -0.1) is 0 Å². The molecule has 0 bridgehead atoms. The number of carbonyl (C=O) groups excluding carboxylic acids is 2. The Bertz CT molecular complexity index is 777. The molecule has 2 aromatic carbocycles. The summed E-state index contributed by atoms with van der Waals surface area (Å²) < 4.78 is 0. The van der Waals surface area contributed by atoms with Crippen LogP contribution in [0.15, 0.2) is 42.5 Å². The van der Waals surface area contributed by atoms with Gasteiger partial charge in [-0.2, -0.15) is 0 Å². The van der Waals surface area contributed by atoms with Crippen LogP contribution in [0.4, 0.5) is 5.69 Å². The van der Waals surface area contributed by atoms with E-state index in [1.807, 2.05) is 30.3 Å². The van der Waals surface area contributed by atoms with E-state index in [4.69, 9.17) is 23.2 Å². The lowest BCUT2D eigenvalue weighted by molar-refractivity contribution is -0.122. The van der Waals surface area contributed by atoms with Gasteiger partial charge in [-0.05, 0) is 30.2 Å². The second-order valence-corrected chi connectivity index (χ2v) is 6.14. The molecule has 0 aliphatic carbocycles. The lowest BCUT2D eigenvalue weighted by atomic mass is 10.0. The van der Waals surface area contributed by atoms with Gasteiger partial charge in [0, 0.05) is 17.7 Å². The van der Waals surface area contributed by atoms with E-state index in [0.717, 1.165) is 11.1 Å². The number of nitrogens with one attached hydrogen (secondary N) is 2. The fourth-order valence-electron chi connectivity index (χ4n) is 2.54.